The number of esters is 1. The number of rotatable bonds is 16. The van der Waals surface area contributed by atoms with Crippen molar-refractivity contribution in [1.82, 2.24) is 0 Å². The number of epoxide rings is 1. The second-order valence-electron chi connectivity index (χ2n) is 6.70. The summed E-state index contributed by atoms with van der Waals surface area (Å²) in [6.07, 6.45) is 20.2. The largest absolute Gasteiger partial charge is 0.483 e. The average Bonchev–Trinajstić information content (AvgIpc) is 3.34. The summed E-state index contributed by atoms with van der Waals surface area (Å²) in [5, 5.41) is 0. The molecule has 138 valence electrons. The van der Waals surface area contributed by atoms with Crippen LogP contribution in [0.5, 0.6) is 0 Å². The van der Waals surface area contributed by atoms with Crippen LogP contribution in [0.1, 0.15) is 90.4 Å². The van der Waals surface area contributed by atoms with Crippen molar-refractivity contribution in [2.45, 2.75) is 96.5 Å². The molecule has 0 aromatic rings. The number of hydrogen-bond acceptors (Lipinski definition) is 3. The molecule has 0 spiro atoms. The highest BCUT2D eigenvalue weighted by atomic mass is 16.6. The molecular weight excluding hydrogens is 300 g/mol. The first-order chi connectivity index (χ1) is 11.8. The summed E-state index contributed by atoms with van der Waals surface area (Å²) in [6.45, 7) is 6.15. The fraction of sp³-hybridized carbons (Fsp3) is 0.762. The van der Waals surface area contributed by atoms with Gasteiger partial charge >= 0.3 is 5.97 Å². The Labute approximate surface area is 148 Å². The second-order valence-corrected chi connectivity index (χ2v) is 6.70. The number of allylic oxidation sites excluding steroid dienone is 1. The molecule has 0 saturated carbocycles. The smallest absolute Gasteiger partial charge is 0.330 e. The minimum atomic E-state index is -0.315. The number of carbonyl (C=O) groups is 1. The predicted molar refractivity (Wildman–Crippen MR) is 99.8 cm³/mol. The lowest BCUT2D eigenvalue weighted by Gasteiger charge is -2.02. The Balaban J connectivity index is 1.81. The van der Waals surface area contributed by atoms with Gasteiger partial charge in [0.2, 0.25) is 0 Å². The molecule has 3 nitrogen and oxygen atoms in total. The molecular formula is C21H36O3. The van der Waals surface area contributed by atoms with E-state index in [9.17, 15) is 4.79 Å². The van der Waals surface area contributed by atoms with Crippen LogP contribution in [-0.4, -0.2) is 18.7 Å². The van der Waals surface area contributed by atoms with Crippen molar-refractivity contribution in [3.05, 3.63) is 24.5 Å². The van der Waals surface area contributed by atoms with Gasteiger partial charge in [-0.05, 0) is 38.2 Å². The third-order valence-corrected chi connectivity index (χ3v) is 4.46. The van der Waals surface area contributed by atoms with Gasteiger partial charge in [-0.25, -0.2) is 4.79 Å². The van der Waals surface area contributed by atoms with Gasteiger partial charge in [0.05, 0.1) is 6.61 Å². The summed E-state index contributed by atoms with van der Waals surface area (Å²) >= 11 is 0. The summed E-state index contributed by atoms with van der Waals surface area (Å²) in [6, 6.07) is 0. The lowest BCUT2D eigenvalue weighted by atomic mass is 10.1. The van der Waals surface area contributed by atoms with E-state index in [-0.39, 0.29) is 5.97 Å². The van der Waals surface area contributed by atoms with E-state index in [0.29, 0.717) is 12.7 Å². The van der Waals surface area contributed by atoms with Crippen molar-refractivity contribution in [3.63, 3.8) is 0 Å². The van der Waals surface area contributed by atoms with Crippen LogP contribution in [-0.2, 0) is 14.3 Å². The van der Waals surface area contributed by atoms with Gasteiger partial charge in [-0.15, -0.1) is 0 Å². The molecule has 1 aliphatic rings. The Kier molecular flexibility index (Phi) is 12.2. The minimum Gasteiger partial charge on any atom is -0.483 e. The average molecular weight is 337 g/mol. The Bertz CT molecular complexity index is 373. The van der Waals surface area contributed by atoms with Crippen LogP contribution in [0.15, 0.2) is 24.5 Å². The molecule has 1 aliphatic heterocycles. The van der Waals surface area contributed by atoms with Gasteiger partial charge in [0, 0.05) is 6.08 Å². The second kappa shape index (κ2) is 14.1. The van der Waals surface area contributed by atoms with Crippen LogP contribution in [0.2, 0.25) is 0 Å². The number of carbonyl (C=O) groups excluding carboxylic acids is 1. The minimum absolute atomic E-state index is 0.315. The molecule has 1 atom stereocenters. The molecule has 1 saturated heterocycles. The van der Waals surface area contributed by atoms with E-state index in [1.165, 1.54) is 76.0 Å². The van der Waals surface area contributed by atoms with Crippen molar-refractivity contribution >= 4 is 5.97 Å². The number of ether oxygens (including phenoxy) is 2. The first kappa shape index (κ1) is 20.8. The Hall–Kier alpha value is -1.25. The fourth-order valence-electron chi connectivity index (χ4n) is 2.87. The molecule has 1 rings (SSSR count). The van der Waals surface area contributed by atoms with Gasteiger partial charge in [-0.1, -0.05) is 64.9 Å². The first-order valence-corrected chi connectivity index (χ1v) is 9.93. The highest BCUT2D eigenvalue weighted by molar-refractivity contribution is 5.81. The zero-order chi connectivity index (χ0) is 17.5. The summed E-state index contributed by atoms with van der Waals surface area (Å²) < 4.78 is 10.6. The third-order valence-electron chi connectivity index (χ3n) is 4.46. The SMILES string of the molecule is C=CC(=O)OCCCCCCCCC=C1OC1CCCCCCC. The molecule has 0 bridgehead atoms. The van der Waals surface area contributed by atoms with E-state index in [1.54, 1.807) is 0 Å². The Morgan fingerprint density at radius 3 is 2.46 bits per heavy atom. The molecule has 3 heteroatoms. The monoisotopic (exact) mass is 336 g/mol. The van der Waals surface area contributed by atoms with Gasteiger partial charge in [-0.3, -0.25) is 0 Å². The van der Waals surface area contributed by atoms with Gasteiger partial charge < -0.3 is 9.47 Å². The fourth-order valence-corrected chi connectivity index (χ4v) is 2.87. The molecule has 0 aliphatic carbocycles. The summed E-state index contributed by atoms with van der Waals surface area (Å²) in [7, 11) is 0. The van der Waals surface area contributed by atoms with Crippen LogP contribution in [0, 0.1) is 0 Å². The summed E-state index contributed by atoms with van der Waals surface area (Å²) in [5.74, 6) is 0.930. The van der Waals surface area contributed by atoms with Crippen LogP contribution in [0.4, 0.5) is 0 Å². The zero-order valence-corrected chi connectivity index (χ0v) is 15.6. The molecule has 0 amide bonds. The molecule has 1 fully saturated rings. The van der Waals surface area contributed by atoms with E-state index >= 15 is 0 Å². The summed E-state index contributed by atoms with van der Waals surface area (Å²) in [5.41, 5.74) is 0. The van der Waals surface area contributed by atoms with Crippen LogP contribution in [0.3, 0.4) is 0 Å². The molecule has 24 heavy (non-hydrogen) atoms. The molecule has 0 aromatic carbocycles. The van der Waals surface area contributed by atoms with Crippen LogP contribution < -0.4 is 0 Å². The van der Waals surface area contributed by atoms with E-state index < -0.39 is 0 Å². The van der Waals surface area contributed by atoms with Gasteiger partial charge in [0.25, 0.3) is 0 Å². The maximum Gasteiger partial charge on any atom is 0.330 e. The van der Waals surface area contributed by atoms with Gasteiger partial charge in [0.1, 0.15) is 5.76 Å². The molecule has 0 N–H and O–H groups in total. The van der Waals surface area contributed by atoms with Gasteiger partial charge in [0.15, 0.2) is 6.10 Å². The quantitative estimate of drug-likeness (QED) is 0.148. The molecule has 1 unspecified atom stereocenters. The predicted octanol–water partition coefficient (Wildman–Crippen LogP) is 6.09. The Morgan fingerprint density at radius 2 is 1.71 bits per heavy atom. The van der Waals surface area contributed by atoms with E-state index in [1.807, 2.05) is 0 Å². The summed E-state index contributed by atoms with van der Waals surface area (Å²) in [4.78, 5) is 10.8. The number of unbranched alkanes of at least 4 members (excludes halogenated alkanes) is 10. The van der Waals surface area contributed by atoms with E-state index in [0.717, 1.165) is 19.3 Å². The third kappa shape index (κ3) is 11.3. The highest BCUT2D eigenvalue weighted by Crippen LogP contribution is 2.32. The standard InChI is InChI=1S/C21H36O3/c1-3-5-6-10-13-16-19-20(24-19)17-14-11-8-7-9-12-15-18-23-21(22)4-2/h4,17,19H,2-3,5-16,18H2,1H3. The zero-order valence-electron chi connectivity index (χ0n) is 15.6. The van der Waals surface area contributed by atoms with Crippen LogP contribution >= 0.6 is 0 Å². The van der Waals surface area contributed by atoms with Crippen molar-refractivity contribution in [2.75, 3.05) is 6.61 Å². The topological polar surface area (TPSA) is 38.8 Å². The maximum absolute atomic E-state index is 10.8. The highest BCUT2D eigenvalue weighted by Gasteiger charge is 2.30. The van der Waals surface area contributed by atoms with Crippen LogP contribution in [0.25, 0.3) is 0 Å². The Morgan fingerprint density at radius 1 is 1.04 bits per heavy atom. The van der Waals surface area contributed by atoms with Crippen molar-refractivity contribution in [1.29, 1.82) is 0 Å². The normalized spacial score (nSPS) is 17.5. The molecule has 1 heterocycles. The lowest BCUT2D eigenvalue weighted by molar-refractivity contribution is -0.137. The van der Waals surface area contributed by atoms with Crippen molar-refractivity contribution in [3.8, 4) is 0 Å². The van der Waals surface area contributed by atoms with Gasteiger partial charge in [-0.2, -0.15) is 0 Å². The maximum atomic E-state index is 10.8. The lowest BCUT2D eigenvalue weighted by Crippen LogP contribution is -2.01. The van der Waals surface area contributed by atoms with Crippen molar-refractivity contribution < 1.29 is 14.3 Å². The first-order valence-electron chi connectivity index (χ1n) is 9.93. The van der Waals surface area contributed by atoms with Crippen molar-refractivity contribution in [2.24, 2.45) is 0 Å². The molecule has 0 radical (unpaired) electrons. The number of hydrogen-bond donors (Lipinski definition) is 0. The van der Waals surface area contributed by atoms with E-state index in [2.05, 4.69) is 19.6 Å². The molecule has 0 aromatic heterocycles. The van der Waals surface area contributed by atoms with E-state index in [4.69, 9.17) is 9.47 Å².